The molecule has 0 aliphatic carbocycles. The molecule has 0 unspecified atom stereocenters. The molecule has 1 fully saturated rings. The topological polar surface area (TPSA) is 41.8 Å². The maximum absolute atomic E-state index is 6.06. The van der Waals surface area contributed by atoms with Crippen LogP contribution in [0.15, 0.2) is 24.5 Å². The van der Waals surface area contributed by atoms with Gasteiger partial charge in [-0.3, -0.25) is 4.90 Å². The molecule has 2 aromatic heterocycles. The minimum absolute atomic E-state index is 0.355. The van der Waals surface area contributed by atoms with Crippen molar-refractivity contribution in [2.24, 2.45) is 0 Å². The minimum Gasteiger partial charge on any atom is -0.373 e. The van der Waals surface area contributed by atoms with Crippen molar-refractivity contribution in [3.8, 4) is 0 Å². The summed E-state index contributed by atoms with van der Waals surface area (Å²) in [5.41, 5.74) is 2.08. The van der Waals surface area contributed by atoms with Gasteiger partial charge in [-0.05, 0) is 51.9 Å². The van der Waals surface area contributed by atoms with Gasteiger partial charge in [-0.2, -0.15) is 0 Å². The molecule has 1 aliphatic heterocycles. The van der Waals surface area contributed by atoms with E-state index in [1.807, 2.05) is 28.9 Å². The molecule has 5 nitrogen and oxygen atoms in total. The largest absolute Gasteiger partial charge is 0.373 e. The highest BCUT2D eigenvalue weighted by Crippen LogP contribution is 2.13. The van der Waals surface area contributed by atoms with E-state index in [2.05, 4.69) is 29.0 Å². The minimum atomic E-state index is 0.355. The first-order chi connectivity index (χ1) is 11.6. The molecular weight excluding hydrogens is 324 g/mol. The van der Waals surface area contributed by atoms with Crippen LogP contribution in [-0.2, 0) is 11.3 Å². The number of unbranched alkanes of at least 4 members (excludes halogenated alkanes) is 1. The molecule has 1 aliphatic rings. The molecule has 0 spiro atoms. The zero-order chi connectivity index (χ0) is 16.9. The molecule has 1 N–H and O–H groups in total. The SMILES string of the molecule is C[C@H]1CN(CCCCNCc2cnc3ccc(Cl)cn23)C[C@H](C)O1. The standard InChI is InChI=1S/C18H27ClN4O/c1-14-11-22(12-15(2)24-14)8-4-3-7-20-9-17-10-21-18-6-5-16(19)13-23(17)18/h5-6,10,13-15,20H,3-4,7-9,11-12H2,1-2H3/t14-,15-/m0/s1. The molecule has 2 aromatic rings. The number of aromatic nitrogens is 2. The molecular formula is C18H27ClN4O. The van der Waals surface area contributed by atoms with Crippen LogP contribution in [0.1, 0.15) is 32.4 Å². The third-order valence-corrected chi connectivity index (χ3v) is 4.65. The van der Waals surface area contributed by atoms with Crippen molar-refractivity contribution in [1.82, 2.24) is 19.6 Å². The third kappa shape index (κ3) is 4.70. The maximum atomic E-state index is 6.06. The average molecular weight is 351 g/mol. The molecule has 0 amide bonds. The molecule has 3 rings (SSSR count). The number of fused-ring (bicyclic) bond motifs is 1. The van der Waals surface area contributed by atoms with Crippen molar-refractivity contribution in [3.05, 3.63) is 35.2 Å². The summed E-state index contributed by atoms with van der Waals surface area (Å²) >= 11 is 6.06. The van der Waals surface area contributed by atoms with Crippen molar-refractivity contribution in [2.75, 3.05) is 26.2 Å². The fourth-order valence-electron chi connectivity index (χ4n) is 3.40. The van der Waals surface area contributed by atoms with Crippen LogP contribution >= 0.6 is 11.6 Å². The second-order valence-electron chi connectivity index (χ2n) is 6.73. The fourth-order valence-corrected chi connectivity index (χ4v) is 3.57. The van der Waals surface area contributed by atoms with Crippen LogP contribution in [0.4, 0.5) is 0 Å². The molecule has 6 heteroatoms. The second kappa shape index (κ2) is 8.30. The van der Waals surface area contributed by atoms with Gasteiger partial charge in [0.05, 0.1) is 29.1 Å². The van der Waals surface area contributed by atoms with E-state index in [0.29, 0.717) is 12.2 Å². The predicted molar refractivity (Wildman–Crippen MR) is 97.6 cm³/mol. The normalized spacial score (nSPS) is 22.3. The smallest absolute Gasteiger partial charge is 0.137 e. The number of halogens is 1. The molecule has 0 bridgehead atoms. The summed E-state index contributed by atoms with van der Waals surface area (Å²) in [7, 11) is 0. The van der Waals surface area contributed by atoms with Crippen molar-refractivity contribution < 1.29 is 4.74 Å². The van der Waals surface area contributed by atoms with Crippen molar-refractivity contribution in [2.45, 2.75) is 45.4 Å². The van der Waals surface area contributed by atoms with Gasteiger partial charge in [0.25, 0.3) is 0 Å². The number of hydrogen-bond donors (Lipinski definition) is 1. The van der Waals surface area contributed by atoms with Crippen LogP contribution in [0.25, 0.3) is 5.65 Å². The number of nitrogens with one attached hydrogen (secondary N) is 1. The Balaban J connectivity index is 1.36. The summed E-state index contributed by atoms with van der Waals surface area (Å²) in [6.45, 7) is 9.42. The van der Waals surface area contributed by atoms with E-state index < -0.39 is 0 Å². The number of imidazole rings is 1. The number of morpholine rings is 1. The molecule has 3 heterocycles. The van der Waals surface area contributed by atoms with Gasteiger partial charge in [0, 0.05) is 25.8 Å². The Morgan fingerprint density at radius 3 is 2.83 bits per heavy atom. The Morgan fingerprint density at radius 1 is 1.25 bits per heavy atom. The van der Waals surface area contributed by atoms with Crippen molar-refractivity contribution in [3.63, 3.8) is 0 Å². The predicted octanol–water partition coefficient (Wildman–Crippen LogP) is 2.97. The van der Waals surface area contributed by atoms with Crippen LogP contribution in [0.3, 0.4) is 0 Å². The van der Waals surface area contributed by atoms with Gasteiger partial charge in [0.15, 0.2) is 0 Å². The number of nitrogens with zero attached hydrogens (tertiary/aromatic N) is 3. The Labute approximate surface area is 149 Å². The summed E-state index contributed by atoms with van der Waals surface area (Å²) in [6, 6.07) is 3.81. The summed E-state index contributed by atoms with van der Waals surface area (Å²) in [5, 5.41) is 4.24. The summed E-state index contributed by atoms with van der Waals surface area (Å²) in [6.07, 6.45) is 6.93. The summed E-state index contributed by atoms with van der Waals surface area (Å²) < 4.78 is 7.82. The van der Waals surface area contributed by atoms with Gasteiger partial charge in [-0.25, -0.2) is 4.98 Å². The third-order valence-electron chi connectivity index (χ3n) is 4.43. The molecule has 2 atom stereocenters. The first-order valence-electron chi connectivity index (χ1n) is 8.82. The van der Waals surface area contributed by atoms with Gasteiger partial charge in [0.1, 0.15) is 5.65 Å². The van der Waals surface area contributed by atoms with Crippen LogP contribution in [0.2, 0.25) is 5.02 Å². The zero-order valence-corrected chi connectivity index (χ0v) is 15.3. The quantitative estimate of drug-likeness (QED) is 0.779. The molecule has 0 radical (unpaired) electrons. The van der Waals surface area contributed by atoms with Crippen LogP contribution < -0.4 is 5.32 Å². The van der Waals surface area contributed by atoms with Crippen molar-refractivity contribution >= 4 is 17.2 Å². The van der Waals surface area contributed by atoms with E-state index in [0.717, 1.165) is 49.1 Å². The molecule has 0 saturated carbocycles. The zero-order valence-electron chi connectivity index (χ0n) is 14.5. The lowest BCUT2D eigenvalue weighted by molar-refractivity contribution is -0.0681. The highest BCUT2D eigenvalue weighted by molar-refractivity contribution is 6.30. The van der Waals surface area contributed by atoms with Gasteiger partial charge < -0.3 is 14.5 Å². The molecule has 0 aromatic carbocycles. The Bertz CT molecular complexity index is 650. The van der Waals surface area contributed by atoms with E-state index in [1.165, 1.54) is 12.8 Å². The summed E-state index contributed by atoms with van der Waals surface area (Å²) in [5.74, 6) is 0. The highest BCUT2D eigenvalue weighted by atomic mass is 35.5. The summed E-state index contributed by atoms with van der Waals surface area (Å²) in [4.78, 5) is 6.92. The fraction of sp³-hybridized carbons (Fsp3) is 0.611. The van der Waals surface area contributed by atoms with Crippen LogP contribution in [-0.4, -0.2) is 52.7 Å². The van der Waals surface area contributed by atoms with Gasteiger partial charge in [0.2, 0.25) is 0 Å². The Hall–Kier alpha value is -1.14. The number of rotatable bonds is 7. The average Bonchev–Trinajstić information content (AvgIpc) is 2.92. The van der Waals surface area contributed by atoms with E-state index >= 15 is 0 Å². The van der Waals surface area contributed by atoms with Crippen molar-refractivity contribution in [1.29, 1.82) is 0 Å². The van der Waals surface area contributed by atoms with Crippen LogP contribution in [0.5, 0.6) is 0 Å². The Kier molecular flexibility index (Phi) is 6.11. The van der Waals surface area contributed by atoms with Gasteiger partial charge >= 0.3 is 0 Å². The van der Waals surface area contributed by atoms with Crippen LogP contribution in [0, 0.1) is 0 Å². The van der Waals surface area contributed by atoms with Gasteiger partial charge in [-0.15, -0.1) is 0 Å². The van der Waals surface area contributed by atoms with Gasteiger partial charge in [-0.1, -0.05) is 11.6 Å². The lowest BCUT2D eigenvalue weighted by Gasteiger charge is -2.35. The number of ether oxygens (including phenoxy) is 1. The number of hydrogen-bond acceptors (Lipinski definition) is 4. The lowest BCUT2D eigenvalue weighted by atomic mass is 10.2. The number of pyridine rings is 1. The van der Waals surface area contributed by atoms with E-state index in [1.54, 1.807) is 0 Å². The molecule has 132 valence electrons. The highest BCUT2D eigenvalue weighted by Gasteiger charge is 2.21. The maximum Gasteiger partial charge on any atom is 0.137 e. The van der Waals surface area contributed by atoms with E-state index in [-0.39, 0.29) is 0 Å². The molecule has 1 saturated heterocycles. The Morgan fingerprint density at radius 2 is 2.04 bits per heavy atom. The monoisotopic (exact) mass is 350 g/mol. The van der Waals surface area contributed by atoms with E-state index in [4.69, 9.17) is 16.3 Å². The lowest BCUT2D eigenvalue weighted by Crippen LogP contribution is -2.45. The first-order valence-corrected chi connectivity index (χ1v) is 9.19. The first kappa shape index (κ1) is 17.7. The molecule has 24 heavy (non-hydrogen) atoms. The second-order valence-corrected chi connectivity index (χ2v) is 7.16. The van der Waals surface area contributed by atoms with E-state index in [9.17, 15) is 0 Å².